The summed E-state index contributed by atoms with van der Waals surface area (Å²) in [6.07, 6.45) is 0.694. The van der Waals surface area contributed by atoms with Crippen LogP contribution in [0.2, 0.25) is 0 Å². The lowest BCUT2D eigenvalue weighted by atomic mass is 10.1. The van der Waals surface area contributed by atoms with Gasteiger partial charge >= 0.3 is 6.03 Å². The van der Waals surface area contributed by atoms with Crippen molar-refractivity contribution in [3.63, 3.8) is 0 Å². The van der Waals surface area contributed by atoms with Crippen LogP contribution in [-0.4, -0.2) is 61.4 Å². The number of imide groups is 1. The molecule has 1 atom stereocenters. The fourth-order valence-corrected chi connectivity index (χ4v) is 2.48. The molecule has 27 heavy (non-hydrogen) atoms. The maximum atomic E-state index is 12.5. The number of aliphatic hydroxyl groups excluding tert-OH is 1. The van der Waals surface area contributed by atoms with Gasteiger partial charge in [0.05, 0.1) is 26.9 Å². The third-order valence-corrected chi connectivity index (χ3v) is 3.86. The highest BCUT2D eigenvalue weighted by atomic mass is 35.5. The Balaban J connectivity index is 0.00000364. The lowest BCUT2D eigenvalue weighted by Crippen LogP contribution is -2.42. The van der Waals surface area contributed by atoms with Gasteiger partial charge in [-0.3, -0.25) is 9.69 Å². The summed E-state index contributed by atoms with van der Waals surface area (Å²) < 4.78 is 10.4. The maximum Gasteiger partial charge on any atom is 0.329 e. The van der Waals surface area contributed by atoms with Crippen LogP contribution in [0.5, 0.6) is 11.5 Å². The molecule has 1 aromatic rings. The summed E-state index contributed by atoms with van der Waals surface area (Å²) in [6, 6.07) is 4.79. The number of aliphatic hydroxyl groups is 1. The van der Waals surface area contributed by atoms with Crippen molar-refractivity contribution >= 4 is 30.4 Å². The van der Waals surface area contributed by atoms with E-state index >= 15 is 0 Å². The number of hydrogen-bond donors (Lipinski definition) is 3. The average molecular weight is 400 g/mol. The Bertz CT molecular complexity index is 708. The van der Waals surface area contributed by atoms with Crippen molar-refractivity contribution in [1.29, 1.82) is 0 Å². The first kappa shape index (κ1) is 22.8. The molecule has 1 aromatic carbocycles. The molecule has 0 spiro atoms. The highest BCUT2D eigenvalue weighted by Crippen LogP contribution is 2.27. The van der Waals surface area contributed by atoms with Gasteiger partial charge in [0.25, 0.3) is 5.91 Å². The number of β-amino-alcohol motifs (C(OH)–C–C–N with tert-alkyl or cyclic N) is 1. The van der Waals surface area contributed by atoms with E-state index in [2.05, 4.69) is 10.6 Å². The van der Waals surface area contributed by atoms with Crippen LogP contribution in [0.4, 0.5) is 4.79 Å². The molecule has 0 radical (unpaired) electrons. The van der Waals surface area contributed by atoms with Crippen molar-refractivity contribution < 1.29 is 24.2 Å². The van der Waals surface area contributed by atoms with Crippen LogP contribution in [0.25, 0.3) is 6.08 Å². The minimum Gasteiger partial charge on any atom is -0.497 e. The Morgan fingerprint density at radius 3 is 2.56 bits per heavy atom. The van der Waals surface area contributed by atoms with E-state index in [0.29, 0.717) is 23.6 Å². The molecule has 0 aliphatic carbocycles. The molecule has 1 fully saturated rings. The highest BCUT2D eigenvalue weighted by Gasteiger charge is 2.34. The van der Waals surface area contributed by atoms with E-state index in [9.17, 15) is 14.7 Å². The molecule has 3 amide bonds. The number of ether oxygens (including phenoxy) is 2. The standard InChI is InChI=1S/C18H25N3O5.ClH/c1-11(2)19-9-13(22)10-21-17(23)15(20-18(21)24)7-12-5-6-14(25-3)8-16(12)26-4;/h5-8,11,13,19,22H,9-10H2,1-4H3,(H,20,24);1H/b15-7-;. The second-order valence-electron chi connectivity index (χ2n) is 6.23. The topological polar surface area (TPSA) is 100 Å². The van der Waals surface area contributed by atoms with Gasteiger partial charge in [0.15, 0.2) is 0 Å². The van der Waals surface area contributed by atoms with Crippen molar-refractivity contribution in [3.05, 3.63) is 29.5 Å². The molecule has 0 aromatic heterocycles. The zero-order valence-corrected chi connectivity index (χ0v) is 16.6. The number of benzene rings is 1. The Morgan fingerprint density at radius 1 is 1.26 bits per heavy atom. The molecule has 8 nitrogen and oxygen atoms in total. The van der Waals surface area contributed by atoms with Crippen LogP contribution in [-0.2, 0) is 4.79 Å². The van der Waals surface area contributed by atoms with Crippen molar-refractivity contribution in [3.8, 4) is 11.5 Å². The summed E-state index contributed by atoms with van der Waals surface area (Å²) in [5.74, 6) is 0.642. The fourth-order valence-electron chi connectivity index (χ4n) is 2.48. The summed E-state index contributed by atoms with van der Waals surface area (Å²) >= 11 is 0. The molecular weight excluding hydrogens is 374 g/mol. The maximum absolute atomic E-state index is 12.5. The lowest BCUT2D eigenvalue weighted by molar-refractivity contribution is -0.123. The van der Waals surface area contributed by atoms with Crippen molar-refractivity contribution in [2.24, 2.45) is 0 Å². The second-order valence-corrected chi connectivity index (χ2v) is 6.23. The van der Waals surface area contributed by atoms with Crippen molar-refractivity contribution in [2.75, 3.05) is 27.3 Å². The first-order valence-electron chi connectivity index (χ1n) is 8.33. The summed E-state index contributed by atoms with van der Waals surface area (Å²) in [4.78, 5) is 25.6. The third-order valence-electron chi connectivity index (χ3n) is 3.86. The summed E-state index contributed by atoms with van der Waals surface area (Å²) in [5, 5.41) is 15.6. The largest absolute Gasteiger partial charge is 0.497 e. The molecule has 9 heteroatoms. The van der Waals surface area contributed by atoms with E-state index in [-0.39, 0.29) is 30.7 Å². The van der Waals surface area contributed by atoms with E-state index in [1.54, 1.807) is 25.3 Å². The second kappa shape index (κ2) is 10.1. The smallest absolute Gasteiger partial charge is 0.329 e. The third kappa shape index (κ3) is 5.85. The number of nitrogens with zero attached hydrogens (tertiary/aromatic N) is 1. The van der Waals surface area contributed by atoms with Gasteiger partial charge in [-0.1, -0.05) is 13.8 Å². The van der Waals surface area contributed by atoms with Gasteiger partial charge in [-0.2, -0.15) is 0 Å². The predicted molar refractivity (Wildman–Crippen MR) is 104 cm³/mol. The van der Waals surface area contributed by atoms with Gasteiger partial charge in [-0.05, 0) is 18.2 Å². The average Bonchev–Trinajstić information content (AvgIpc) is 2.87. The number of rotatable bonds is 8. The normalized spacial score (nSPS) is 16.4. The molecular formula is C18H26ClN3O5. The number of amides is 3. The van der Waals surface area contributed by atoms with Gasteiger partial charge in [-0.15, -0.1) is 12.4 Å². The zero-order valence-electron chi connectivity index (χ0n) is 15.8. The van der Waals surface area contributed by atoms with Crippen molar-refractivity contribution in [2.45, 2.75) is 26.0 Å². The molecule has 0 saturated carbocycles. The lowest BCUT2D eigenvalue weighted by Gasteiger charge is -2.18. The SMILES string of the molecule is COc1ccc(/C=C2\NC(=O)N(CC(O)CNC(C)C)C2=O)c(OC)c1.Cl. The summed E-state index contributed by atoms with van der Waals surface area (Å²) in [5.41, 5.74) is 0.753. The van der Waals surface area contributed by atoms with Crippen LogP contribution in [0.1, 0.15) is 19.4 Å². The van der Waals surface area contributed by atoms with E-state index in [1.807, 2.05) is 13.8 Å². The Kier molecular flexibility index (Phi) is 8.55. The number of carbonyl (C=O) groups is 2. The van der Waals surface area contributed by atoms with E-state index in [4.69, 9.17) is 9.47 Å². The number of nitrogens with one attached hydrogen (secondary N) is 2. The van der Waals surface area contributed by atoms with Crippen LogP contribution >= 0.6 is 12.4 Å². The van der Waals surface area contributed by atoms with E-state index < -0.39 is 18.0 Å². The first-order chi connectivity index (χ1) is 12.3. The quantitative estimate of drug-likeness (QED) is 0.451. The zero-order chi connectivity index (χ0) is 19.3. The molecule has 1 aliphatic rings. The predicted octanol–water partition coefficient (Wildman–Crippen LogP) is 1.38. The monoisotopic (exact) mass is 399 g/mol. The van der Waals surface area contributed by atoms with Gasteiger partial charge in [0, 0.05) is 24.2 Å². The minimum absolute atomic E-state index is 0. The fraction of sp³-hybridized carbons (Fsp3) is 0.444. The number of carbonyl (C=O) groups excluding carboxylic acids is 2. The number of hydrogen-bond acceptors (Lipinski definition) is 6. The van der Waals surface area contributed by atoms with Crippen LogP contribution in [0.15, 0.2) is 23.9 Å². The summed E-state index contributed by atoms with van der Waals surface area (Å²) in [6.45, 7) is 4.11. The molecule has 1 saturated heterocycles. The molecule has 150 valence electrons. The number of methoxy groups -OCH3 is 2. The number of halogens is 1. The minimum atomic E-state index is -0.845. The molecule has 3 N–H and O–H groups in total. The molecule has 1 aliphatic heterocycles. The van der Waals surface area contributed by atoms with E-state index in [0.717, 1.165) is 4.90 Å². The molecule has 1 heterocycles. The Hall–Kier alpha value is -2.29. The van der Waals surface area contributed by atoms with Gasteiger partial charge < -0.3 is 25.2 Å². The van der Waals surface area contributed by atoms with Gasteiger partial charge in [0.2, 0.25) is 0 Å². The van der Waals surface area contributed by atoms with Crippen molar-refractivity contribution in [1.82, 2.24) is 15.5 Å². The highest BCUT2D eigenvalue weighted by molar-refractivity contribution is 6.14. The Morgan fingerprint density at radius 2 is 1.96 bits per heavy atom. The van der Waals surface area contributed by atoms with Gasteiger partial charge in [-0.25, -0.2) is 4.79 Å². The molecule has 1 unspecified atom stereocenters. The van der Waals surface area contributed by atoms with Crippen LogP contribution in [0, 0.1) is 0 Å². The van der Waals surface area contributed by atoms with E-state index in [1.165, 1.54) is 13.2 Å². The first-order valence-corrected chi connectivity index (χ1v) is 8.33. The van der Waals surface area contributed by atoms with Crippen LogP contribution in [0.3, 0.4) is 0 Å². The van der Waals surface area contributed by atoms with Gasteiger partial charge in [0.1, 0.15) is 17.2 Å². The molecule has 0 bridgehead atoms. The summed E-state index contributed by atoms with van der Waals surface area (Å²) in [7, 11) is 3.06. The number of urea groups is 1. The Labute approximate surface area is 164 Å². The molecule has 2 rings (SSSR count). The van der Waals surface area contributed by atoms with Crippen LogP contribution < -0.4 is 20.1 Å².